The molecule has 0 bridgehead atoms. The number of rotatable bonds is 6. The van der Waals surface area contributed by atoms with Crippen LogP contribution in [0.15, 0.2) is 37.2 Å². The standard InChI is InChI=1S/C17H17ClN4O2.C3H6.C2H6/c1-9(19)11-5-6-20-17(16(11)24-2)22-13-7-14(18)21-8-12(13)15(23)10-3-4-10;1-3-2;1-2/h5-8,10,19H,3-4H2,1-2H3,(H,20,21,22);3H,1H2,2H3;1-2H3. The molecule has 3 rings (SSSR count). The summed E-state index contributed by atoms with van der Waals surface area (Å²) >= 11 is 5.99. The van der Waals surface area contributed by atoms with E-state index >= 15 is 0 Å². The highest BCUT2D eigenvalue weighted by molar-refractivity contribution is 6.29. The summed E-state index contributed by atoms with van der Waals surface area (Å²) in [6.45, 7) is 10.9. The minimum Gasteiger partial charge on any atom is -0.492 e. The maximum Gasteiger partial charge on any atom is 0.173 e. The van der Waals surface area contributed by atoms with Crippen molar-refractivity contribution in [2.75, 3.05) is 12.4 Å². The second-order valence-electron chi connectivity index (χ2n) is 6.09. The minimum atomic E-state index is 0.0556. The molecule has 1 aliphatic carbocycles. The SMILES string of the molecule is C=CC.CC.COc1c(C(C)=N)ccnc1Nc1cc(Cl)ncc1C(=O)C1CC1. The highest BCUT2D eigenvalue weighted by Crippen LogP contribution is 2.37. The Kier molecular flexibility index (Phi) is 10.0. The van der Waals surface area contributed by atoms with E-state index < -0.39 is 0 Å². The number of methoxy groups -OCH3 is 1. The van der Waals surface area contributed by atoms with Crippen molar-refractivity contribution in [3.8, 4) is 5.75 Å². The van der Waals surface area contributed by atoms with Crippen LogP contribution in [0.4, 0.5) is 11.5 Å². The number of halogens is 1. The van der Waals surface area contributed by atoms with Crippen molar-refractivity contribution in [2.24, 2.45) is 5.92 Å². The van der Waals surface area contributed by atoms with E-state index in [0.29, 0.717) is 34.1 Å². The Balaban J connectivity index is 0.000000771. The molecule has 7 heteroatoms. The molecule has 156 valence electrons. The molecule has 6 nitrogen and oxygen atoms in total. The van der Waals surface area contributed by atoms with E-state index in [-0.39, 0.29) is 16.9 Å². The predicted molar refractivity (Wildman–Crippen MR) is 120 cm³/mol. The predicted octanol–water partition coefficient (Wildman–Crippen LogP) is 6.08. The van der Waals surface area contributed by atoms with Crippen LogP contribution < -0.4 is 10.1 Å². The van der Waals surface area contributed by atoms with Crippen LogP contribution in [-0.4, -0.2) is 28.6 Å². The van der Waals surface area contributed by atoms with E-state index in [2.05, 4.69) is 21.9 Å². The molecule has 0 atom stereocenters. The molecular weight excluding hydrogens is 388 g/mol. The third-order valence-electron chi connectivity index (χ3n) is 3.85. The van der Waals surface area contributed by atoms with E-state index in [9.17, 15) is 4.79 Å². The number of aromatic nitrogens is 2. The summed E-state index contributed by atoms with van der Waals surface area (Å²) < 4.78 is 5.40. The van der Waals surface area contributed by atoms with Gasteiger partial charge in [0.15, 0.2) is 17.4 Å². The lowest BCUT2D eigenvalue weighted by molar-refractivity contribution is 0.0968. The molecule has 0 aromatic carbocycles. The van der Waals surface area contributed by atoms with Gasteiger partial charge in [0.05, 0.1) is 18.4 Å². The number of nitrogens with zero attached hydrogens (tertiary/aromatic N) is 2. The number of carbonyl (C=O) groups is 1. The lowest BCUT2D eigenvalue weighted by atomic mass is 10.1. The fraction of sp³-hybridized carbons (Fsp3) is 0.364. The van der Waals surface area contributed by atoms with Crippen LogP contribution in [0.2, 0.25) is 5.15 Å². The summed E-state index contributed by atoms with van der Waals surface area (Å²) in [5.41, 5.74) is 2.02. The number of Topliss-reactive ketones (excluding diaryl/α,β-unsaturated/α-hetero) is 1. The molecular formula is C22H29ClN4O2. The van der Waals surface area contributed by atoms with Gasteiger partial charge in [-0.25, -0.2) is 9.97 Å². The Morgan fingerprint density at radius 3 is 2.48 bits per heavy atom. The number of ether oxygens (including phenoxy) is 1. The Bertz CT molecular complexity index is 864. The maximum absolute atomic E-state index is 12.5. The Morgan fingerprint density at radius 1 is 1.34 bits per heavy atom. The number of anilines is 2. The number of ketones is 1. The molecule has 2 aromatic heterocycles. The molecule has 2 aromatic rings. The van der Waals surface area contributed by atoms with Crippen LogP contribution in [-0.2, 0) is 0 Å². The van der Waals surface area contributed by atoms with Gasteiger partial charge in [0.1, 0.15) is 5.15 Å². The maximum atomic E-state index is 12.5. The highest BCUT2D eigenvalue weighted by Gasteiger charge is 2.32. The van der Waals surface area contributed by atoms with E-state index in [4.69, 9.17) is 21.7 Å². The minimum absolute atomic E-state index is 0.0556. The van der Waals surface area contributed by atoms with Crippen LogP contribution in [0.25, 0.3) is 0 Å². The van der Waals surface area contributed by atoms with E-state index in [1.54, 1.807) is 31.3 Å². The molecule has 0 unspecified atom stereocenters. The van der Waals surface area contributed by atoms with Crippen molar-refractivity contribution >= 4 is 34.6 Å². The quantitative estimate of drug-likeness (QED) is 0.258. The third-order valence-corrected chi connectivity index (χ3v) is 4.06. The molecule has 1 fully saturated rings. The lowest BCUT2D eigenvalue weighted by Crippen LogP contribution is -2.09. The van der Waals surface area contributed by atoms with Gasteiger partial charge >= 0.3 is 0 Å². The molecule has 0 spiro atoms. The Labute approximate surface area is 177 Å². The summed E-state index contributed by atoms with van der Waals surface area (Å²) in [7, 11) is 1.52. The molecule has 0 amide bonds. The van der Waals surface area contributed by atoms with Gasteiger partial charge in [-0.1, -0.05) is 31.5 Å². The zero-order valence-corrected chi connectivity index (χ0v) is 18.4. The fourth-order valence-corrected chi connectivity index (χ4v) is 2.62. The number of hydrogen-bond acceptors (Lipinski definition) is 6. The first kappa shape index (κ1) is 24.3. The van der Waals surface area contributed by atoms with Crippen molar-refractivity contribution in [1.29, 1.82) is 5.41 Å². The van der Waals surface area contributed by atoms with Gasteiger partial charge < -0.3 is 15.5 Å². The topological polar surface area (TPSA) is 88.0 Å². The monoisotopic (exact) mass is 416 g/mol. The first-order valence-electron chi connectivity index (χ1n) is 9.55. The van der Waals surface area contributed by atoms with Gasteiger partial charge in [-0.3, -0.25) is 4.79 Å². The molecule has 2 heterocycles. The van der Waals surface area contributed by atoms with Crippen molar-refractivity contribution in [2.45, 2.75) is 40.5 Å². The van der Waals surface area contributed by atoms with Gasteiger partial charge in [-0.15, -0.1) is 6.58 Å². The third kappa shape index (κ3) is 6.68. The molecule has 0 aliphatic heterocycles. The van der Waals surface area contributed by atoms with Crippen LogP contribution in [0.3, 0.4) is 0 Å². The van der Waals surface area contributed by atoms with E-state index in [0.717, 1.165) is 12.8 Å². The fourth-order valence-electron chi connectivity index (χ4n) is 2.46. The van der Waals surface area contributed by atoms with Crippen molar-refractivity contribution in [3.63, 3.8) is 0 Å². The van der Waals surface area contributed by atoms with Crippen LogP contribution in [0, 0.1) is 11.3 Å². The average molecular weight is 417 g/mol. The lowest BCUT2D eigenvalue weighted by Gasteiger charge is -2.15. The smallest absolute Gasteiger partial charge is 0.173 e. The van der Waals surface area contributed by atoms with Crippen molar-refractivity contribution < 1.29 is 9.53 Å². The second-order valence-corrected chi connectivity index (χ2v) is 6.48. The molecule has 2 N–H and O–H groups in total. The number of hydrogen-bond donors (Lipinski definition) is 2. The largest absolute Gasteiger partial charge is 0.492 e. The van der Waals surface area contributed by atoms with Gasteiger partial charge in [0.25, 0.3) is 0 Å². The second kappa shape index (κ2) is 12.0. The highest BCUT2D eigenvalue weighted by atomic mass is 35.5. The van der Waals surface area contributed by atoms with Gasteiger partial charge in [0.2, 0.25) is 0 Å². The van der Waals surface area contributed by atoms with E-state index in [1.807, 2.05) is 20.8 Å². The van der Waals surface area contributed by atoms with Gasteiger partial charge in [0, 0.05) is 29.6 Å². The summed E-state index contributed by atoms with van der Waals surface area (Å²) in [5.74, 6) is 0.995. The van der Waals surface area contributed by atoms with Crippen LogP contribution in [0.1, 0.15) is 56.5 Å². The van der Waals surface area contributed by atoms with Gasteiger partial charge in [-0.2, -0.15) is 0 Å². The molecule has 1 aliphatic rings. The van der Waals surface area contributed by atoms with Crippen molar-refractivity contribution in [1.82, 2.24) is 9.97 Å². The summed E-state index contributed by atoms with van der Waals surface area (Å²) in [4.78, 5) is 20.7. The molecule has 29 heavy (non-hydrogen) atoms. The molecule has 0 radical (unpaired) electrons. The van der Waals surface area contributed by atoms with Crippen LogP contribution >= 0.6 is 11.6 Å². The van der Waals surface area contributed by atoms with E-state index in [1.165, 1.54) is 13.3 Å². The number of pyridine rings is 2. The Morgan fingerprint density at radius 2 is 1.97 bits per heavy atom. The normalized spacial score (nSPS) is 11.8. The first-order chi connectivity index (χ1) is 13.9. The zero-order valence-electron chi connectivity index (χ0n) is 17.7. The summed E-state index contributed by atoms with van der Waals surface area (Å²) in [6.07, 6.45) is 6.64. The molecule has 1 saturated carbocycles. The zero-order chi connectivity index (χ0) is 22.0. The summed E-state index contributed by atoms with van der Waals surface area (Å²) in [5, 5.41) is 11.2. The Hall–Kier alpha value is -2.73. The first-order valence-corrected chi connectivity index (χ1v) is 9.93. The number of nitrogens with one attached hydrogen (secondary N) is 2. The number of carbonyl (C=O) groups excluding carboxylic acids is 1. The van der Waals surface area contributed by atoms with Crippen molar-refractivity contribution in [3.05, 3.63) is 53.5 Å². The van der Waals surface area contributed by atoms with Crippen LogP contribution in [0.5, 0.6) is 5.75 Å². The molecule has 0 saturated heterocycles. The average Bonchev–Trinajstić information content (AvgIpc) is 3.55. The number of allylic oxidation sites excluding steroid dienone is 1. The van der Waals surface area contributed by atoms with Gasteiger partial charge in [-0.05, 0) is 38.8 Å². The summed E-state index contributed by atoms with van der Waals surface area (Å²) in [6, 6.07) is 3.31.